The lowest BCUT2D eigenvalue weighted by Crippen LogP contribution is -2.52. The number of rotatable bonds is 1. The molecule has 3 heteroatoms. The third-order valence-electron chi connectivity index (χ3n) is 3.69. The summed E-state index contributed by atoms with van der Waals surface area (Å²) in [5.74, 6) is 1.68. The van der Waals surface area contributed by atoms with Gasteiger partial charge in [0.05, 0.1) is 13.2 Å². The number of hydrogen-bond acceptors (Lipinski definition) is 3. The number of carbonyl (C=O) groups is 1. The van der Waals surface area contributed by atoms with Crippen molar-refractivity contribution in [3.8, 4) is 0 Å². The molecule has 0 radical (unpaired) electrons. The molecule has 1 N–H and O–H groups in total. The van der Waals surface area contributed by atoms with Crippen molar-refractivity contribution >= 4 is 5.78 Å². The Morgan fingerprint density at radius 3 is 2.80 bits per heavy atom. The summed E-state index contributed by atoms with van der Waals surface area (Å²) in [5, 5.41) is 3.42. The van der Waals surface area contributed by atoms with Crippen LogP contribution in [0.25, 0.3) is 0 Å². The molecule has 86 valence electrons. The molecule has 2 fully saturated rings. The highest BCUT2D eigenvalue weighted by molar-refractivity contribution is 5.83. The molecule has 3 nitrogen and oxygen atoms in total. The van der Waals surface area contributed by atoms with Crippen LogP contribution in [0.15, 0.2) is 0 Å². The Labute approximate surface area is 91.6 Å². The van der Waals surface area contributed by atoms with E-state index >= 15 is 0 Å². The number of ether oxygens (including phenoxy) is 1. The average molecular weight is 211 g/mol. The lowest BCUT2D eigenvalue weighted by molar-refractivity contribution is -0.130. The minimum absolute atomic E-state index is 0.182. The van der Waals surface area contributed by atoms with Gasteiger partial charge in [-0.25, -0.2) is 0 Å². The molecule has 1 saturated carbocycles. The minimum atomic E-state index is 0.182. The molecule has 0 amide bonds. The Bertz CT molecular complexity index is 236. The van der Waals surface area contributed by atoms with E-state index < -0.39 is 0 Å². The summed E-state index contributed by atoms with van der Waals surface area (Å²) in [4.78, 5) is 12.0. The highest BCUT2D eigenvalue weighted by Crippen LogP contribution is 2.33. The fourth-order valence-electron chi connectivity index (χ4n) is 3.10. The van der Waals surface area contributed by atoms with Crippen LogP contribution >= 0.6 is 0 Å². The SMILES string of the molecule is CC1CC(=O)C(C2COCCN2)C(C)C1. The molecule has 1 aliphatic heterocycles. The number of ketones is 1. The van der Waals surface area contributed by atoms with Crippen LogP contribution in [-0.2, 0) is 9.53 Å². The first-order valence-corrected chi connectivity index (χ1v) is 6.02. The van der Waals surface area contributed by atoms with Gasteiger partial charge in [-0.2, -0.15) is 0 Å². The van der Waals surface area contributed by atoms with Gasteiger partial charge in [0.2, 0.25) is 0 Å². The molecule has 0 spiro atoms. The van der Waals surface area contributed by atoms with Gasteiger partial charge in [-0.05, 0) is 18.3 Å². The second-order valence-corrected chi connectivity index (χ2v) is 5.15. The fourth-order valence-corrected chi connectivity index (χ4v) is 3.10. The number of Topliss-reactive ketones (excluding diaryl/α,β-unsaturated/α-hetero) is 1. The first kappa shape index (κ1) is 11.1. The molecule has 2 aliphatic rings. The highest BCUT2D eigenvalue weighted by atomic mass is 16.5. The van der Waals surface area contributed by atoms with E-state index in [0.717, 1.165) is 19.6 Å². The zero-order valence-corrected chi connectivity index (χ0v) is 9.66. The Kier molecular flexibility index (Phi) is 3.42. The van der Waals surface area contributed by atoms with Gasteiger partial charge >= 0.3 is 0 Å². The van der Waals surface area contributed by atoms with Crippen molar-refractivity contribution < 1.29 is 9.53 Å². The smallest absolute Gasteiger partial charge is 0.138 e. The molecular formula is C12H21NO2. The van der Waals surface area contributed by atoms with Gasteiger partial charge in [0.25, 0.3) is 0 Å². The van der Waals surface area contributed by atoms with E-state index in [4.69, 9.17) is 4.74 Å². The van der Waals surface area contributed by atoms with Crippen LogP contribution in [0.4, 0.5) is 0 Å². The van der Waals surface area contributed by atoms with Crippen molar-refractivity contribution in [2.75, 3.05) is 19.8 Å². The van der Waals surface area contributed by atoms with Crippen LogP contribution < -0.4 is 5.32 Å². The molecule has 0 aromatic heterocycles. The number of nitrogens with one attached hydrogen (secondary N) is 1. The Balaban J connectivity index is 2.02. The van der Waals surface area contributed by atoms with Gasteiger partial charge in [0.15, 0.2) is 0 Å². The van der Waals surface area contributed by atoms with Crippen LogP contribution in [-0.4, -0.2) is 31.6 Å². The van der Waals surface area contributed by atoms with Gasteiger partial charge in [-0.15, -0.1) is 0 Å². The van der Waals surface area contributed by atoms with Gasteiger partial charge in [-0.3, -0.25) is 4.79 Å². The van der Waals surface area contributed by atoms with E-state index in [2.05, 4.69) is 19.2 Å². The van der Waals surface area contributed by atoms with Crippen LogP contribution in [0.2, 0.25) is 0 Å². The van der Waals surface area contributed by atoms with E-state index in [-0.39, 0.29) is 12.0 Å². The van der Waals surface area contributed by atoms with E-state index in [0.29, 0.717) is 24.2 Å². The predicted octanol–water partition coefficient (Wildman–Crippen LogP) is 1.23. The van der Waals surface area contributed by atoms with Crippen molar-refractivity contribution in [3.63, 3.8) is 0 Å². The zero-order chi connectivity index (χ0) is 10.8. The van der Waals surface area contributed by atoms with Crippen molar-refractivity contribution in [3.05, 3.63) is 0 Å². The first-order chi connectivity index (χ1) is 7.18. The summed E-state index contributed by atoms with van der Waals surface area (Å²) in [6, 6.07) is 0.258. The summed E-state index contributed by atoms with van der Waals surface area (Å²) < 4.78 is 5.44. The number of hydrogen-bond donors (Lipinski definition) is 1. The van der Waals surface area contributed by atoms with Gasteiger partial charge in [0, 0.05) is 24.9 Å². The topological polar surface area (TPSA) is 38.3 Å². The van der Waals surface area contributed by atoms with Gasteiger partial charge in [0.1, 0.15) is 5.78 Å². The quantitative estimate of drug-likeness (QED) is 0.709. The third kappa shape index (κ3) is 2.40. The summed E-state index contributed by atoms with van der Waals surface area (Å²) >= 11 is 0. The van der Waals surface area contributed by atoms with Crippen molar-refractivity contribution in [1.29, 1.82) is 0 Å². The third-order valence-corrected chi connectivity index (χ3v) is 3.69. The second-order valence-electron chi connectivity index (χ2n) is 5.15. The summed E-state index contributed by atoms with van der Waals surface area (Å²) in [7, 11) is 0. The molecule has 4 atom stereocenters. The van der Waals surface area contributed by atoms with E-state index in [1.54, 1.807) is 0 Å². The maximum atomic E-state index is 12.0. The molecule has 1 aliphatic carbocycles. The number of carbonyl (C=O) groups excluding carboxylic acids is 1. The van der Waals surface area contributed by atoms with E-state index in [1.165, 1.54) is 6.42 Å². The predicted molar refractivity (Wildman–Crippen MR) is 58.7 cm³/mol. The Morgan fingerprint density at radius 2 is 2.20 bits per heavy atom. The molecule has 15 heavy (non-hydrogen) atoms. The summed E-state index contributed by atoms with van der Waals surface area (Å²) in [5.41, 5.74) is 0. The van der Waals surface area contributed by atoms with Crippen LogP contribution in [0, 0.1) is 17.8 Å². The minimum Gasteiger partial charge on any atom is -0.378 e. The Morgan fingerprint density at radius 1 is 1.40 bits per heavy atom. The second kappa shape index (κ2) is 4.62. The maximum Gasteiger partial charge on any atom is 0.138 e. The lowest BCUT2D eigenvalue weighted by atomic mass is 9.71. The van der Waals surface area contributed by atoms with Crippen LogP contribution in [0.5, 0.6) is 0 Å². The molecule has 2 rings (SSSR count). The molecule has 0 bridgehead atoms. The monoisotopic (exact) mass is 211 g/mol. The molecule has 1 heterocycles. The molecule has 0 aromatic carbocycles. The first-order valence-electron chi connectivity index (χ1n) is 6.02. The molecule has 1 saturated heterocycles. The standard InChI is InChI=1S/C12H21NO2/c1-8-5-9(2)12(11(14)6-8)10-7-15-4-3-13-10/h8-10,12-13H,3-7H2,1-2H3. The molecule has 4 unspecified atom stereocenters. The summed E-state index contributed by atoms with van der Waals surface area (Å²) in [6.07, 6.45) is 1.93. The number of morpholine rings is 1. The Hall–Kier alpha value is -0.410. The highest BCUT2D eigenvalue weighted by Gasteiger charge is 2.38. The molecular weight excluding hydrogens is 190 g/mol. The van der Waals surface area contributed by atoms with E-state index in [9.17, 15) is 4.79 Å². The zero-order valence-electron chi connectivity index (χ0n) is 9.66. The van der Waals surface area contributed by atoms with E-state index in [1.807, 2.05) is 0 Å². The van der Waals surface area contributed by atoms with Crippen LogP contribution in [0.3, 0.4) is 0 Å². The van der Waals surface area contributed by atoms with Crippen molar-refractivity contribution in [1.82, 2.24) is 5.32 Å². The fraction of sp³-hybridized carbons (Fsp3) is 0.917. The normalized spacial score (nSPS) is 42.9. The average Bonchev–Trinajstić information content (AvgIpc) is 2.17. The molecule has 0 aromatic rings. The van der Waals surface area contributed by atoms with Gasteiger partial charge in [-0.1, -0.05) is 13.8 Å². The van der Waals surface area contributed by atoms with Gasteiger partial charge < -0.3 is 10.1 Å². The van der Waals surface area contributed by atoms with Crippen molar-refractivity contribution in [2.24, 2.45) is 17.8 Å². The lowest BCUT2D eigenvalue weighted by Gasteiger charge is -2.38. The largest absolute Gasteiger partial charge is 0.378 e. The van der Waals surface area contributed by atoms with Crippen LogP contribution in [0.1, 0.15) is 26.7 Å². The maximum absolute atomic E-state index is 12.0. The van der Waals surface area contributed by atoms with Crippen molar-refractivity contribution in [2.45, 2.75) is 32.7 Å². The summed E-state index contributed by atoms with van der Waals surface area (Å²) in [6.45, 7) is 6.75.